The first-order chi connectivity index (χ1) is 9.92. The normalized spacial score (nSPS) is 15.3. The summed E-state index contributed by atoms with van der Waals surface area (Å²) in [4.78, 5) is 25.0. The van der Waals surface area contributed by atoms with Crippen molar-refractivity contribution in [2.45, 2.75) is 18.9 Å². The molecule has 1 aromatic rings. The Balaban J connectivity index is 2.40. The average Bonchev–Trinajstić information content (AvgIpc) is 3.19. The van der Waals surface area contributed by atoms with Gasteiger partial charge in [-0.15, -0.1) is 0 Å². The molecule has 0 aliphatic heterocycles. The fourth-order valence-electron chi connectivity index (χ4n) is 2.21. The van der Waals surface area contributed by atoms with Crippen LogP contribution in [0.25, 0.3) is 0 Å². The van der Waals surface area contributed by atoms with Crippen molar-refractivity contribution in [1.29, 1.82) is 0 Å². The van der Waals surface area contributed by atoms with Crippen LogP contribution in [-0.2, 0) is 9.59 Å². The molecular weight excluding hydrogens is 313 g/mol. The van der Waals surface area contributed by atoms with Gasteiger partial charge in [0, 0.05) is 16.6 Å². The predicted octanol–water partition coefficient (Wildman–Crippen LogP) is 3.54. The largest absolute Gasteiger partial charge is 0.479 e. The number of hydrogen-bond acceptors (Lipinski definition) is 2. The third-order valence-electron chi connectivity index (χ3n) is 3.36. The lowest BCUT2D eigenvalue weighted by Crippen LogP contribution is -2.39. The number of carbonyl (C=O) groups excluding carboxylic acids is 1. The van der Waals surface area contributed by atoms with Crippen LogP contribution in [0.1, 0.15) is 24.4 Å². The van der Waals surface area contributed by atoms with E-state index in [4.69, 9.17) is 23.2 Å². The SMILES string of the molecule is C=CC(=O)N(CC1CC1)C(C(=O)O)c1cc(Cl)cc(Cl)c1. The molecule has 0 aromatic heterocycles. The van der Waals surface area contributed by atoms with Crippen molar-refractivity contribution in [3.8, 4) is 0 Å². The van der Waals surface area contributed by atoms with E-state index in [0.29, 0.717) is 28.1 Å². The number of aliphatic carboxylic acids is 1. The molecule has 1 saturated carbocycles. The molecule has 1 amide bonds. The van der Waals surface area contributed by atoms with Crippen LogP contribution in [0, 0.1) is 5.92 Å². The molecule has 21 heavy (non-hydrogen) atoms. The van der Waals surface area contributed by atoms with Gasteiger partial charge in [0.25, 0.3) is 0 Å². The van der Waals surface area contributed by atoms with Crippen LogP contribution >= 0.6 is 23.2 Å². The Hall–Kier alpha value is -1.52. The van der Waals surface area contributed by atoms with Gasteiger partial charge in [-0.05, 0) is 48.6 Å². The Bertz CT molecular complexity index is 564. The zero-order chi connectivity index (χ0) is 15.6. The molecule has 0 bridgehead atoms. The minimum absolute atomic E-state index is 0.334. The van der Waals surface area contributed by atoms with Crippen LogP contribution in [0.4, 0.5) is 0 Å². The molecule has 1 aromatic carbocycles. The molecule has 1 N–H and O–H groups in total. The summed E-state index contributed by atoms with van der Waals surface area (Å²) >= 11 is 11.9. The van der Waals surface area contributed by atoms with Crippen molar-refractivity contribution in [2.24, 2.45) is 5.92 Å². The van der Waals surface area contributed by atoms with Gasteiger partial charge in [-0.1, -0.05) is 29.8 Å². The molecule has 112 valence electrons. The standard InChI is InChI=1S/C15H15Cl2NO3/c1-2-13(19)18(8-9-3-4-9)14(15(20)21)10-5-11(16)7-12(17)6-10/h2,5-7,9,14H,1,3-4,8H2,(H,20,21). The molecule has 2 rings (SSSR count). The van der Waals surface area contributed by atoms with Crippen LogP contribution in [0.15, 0.2) is 30.9 Å². The molecule has 1 atom stereocenters. The highest BCUT2D eigenvalue weighted by atomic mass is 35.5. The second-order valence-electron chi connectivity index (χ2n) is 5.08. The molecule has 0 spiro atoms. The van der Waals surface area contributed by atoms with Crippen LogP contribution in [0.2, 0.25) is 10.0 Å². The summed E-state index contributed by atoms with van der Waals surface area (Å²) in [6, 6.07) is 3.43. The predicted molar refractivity (Wildman–Crippen MR) is 81.5 cm³/mol. The van der Waals surface area contributed by atoms with Gasteiger partial charge in [0.15, 0.2) is 6.04 Å². The van der Waals surface area contributed by atoms with Gasteiger partial charge in [0.1, 0.15) is 0 Å². The van der Waals surface area contributed by atoms with Crippen molar-refractivity contribution in [3.63, 3.8) is 0 Å². The van der Waals surface area contributed by atoms with Gasteiger partial charge < -0.3 is 10.0 Å². The molecule has 1 aliphatic rings. The van der Waals surface area contributed by atoms with E-state index < -0.39 is 17.9 Å². The summed E-state index contributed by atoms with van der Waals surface area (Å²) in [5, 5.41) is 10.2. The Kier molecular flexibility index (Phi) is 4.91. The first-order valence-electron chi connectivity index (χ1n) is 6.54. The van der Waals surface area contributed by atoms with Gasteiger partial charge in [-0.2, -0.15) is 0 Å². The Morgan fingerprint density at radius 2 is 1.90 bits per heavy atom. The number of carbonyl (C=O) groups is 2. The summed E-state index contributed by atoms with van der Waals surface area (Å²) in [5.41, 5.74) is 0.385. The minimum atomic E-state index is -1.12. The lowest BCUT2D eigenvalue weighted by atomic mass is 10.0. The number of amides is 1. The highest BCUT2D eigenvalue weighted by molar-refractivity contribution is 6.34. The number of nitrogens with zero attached hydrogens (tertiary/aromatic N) is 1. The number of carboxylic acids is 1. The lowest BCUT2D eigenvalue weighted by Gasteiger charge is -2.28. The van der Waals surface area contributed by atoms with Crippen LogP contribution in [-0.4, -0.2) is 28.4 Å². The molecule has 0 radical (unpaired) electrons. The third kappa shape index (κ3) is 3.99. The van der Waals surface area contributed by atoms with Crippen molar-refractivity contribution < 1.29 is 14.7 Å². The van der Waals surface area contributed by atoms with Gasteiger partial charge >= 0.3 is 5.97 Å². The van der Waals surface area contributed by atoms with E-state index in [0.717, 1.165) is 18.9 Å². The monoisotopic (exact) mass is 327 g/mol. The smallest absolute Gasteiger partial charge is 0.331 e. The first-order valence-corrected chi connectivity index (χ1v) is 7.29. The quantitative estimate of drug-likeness (QED) is 0.813. The van der Waals surface area contributed by atoms with E-state index in [1.54, 1.807) is 0 Å². The zero-order valence-electron chi connectivity index (χ0n) is 11.3. The van der Waals surface area contributed by atoms with Crippen molar-refractivity contribution >= 4 is 35.1 Å². The number of benzene rings is 1. The highest BCUT2D eigenvalue weighted by Gasteiger charge is 2.35. The van der Waals surface area contributed by atoms with E-state index >= 15 is 0 Å². The van der Waals surface area contributed by atoms with Crippen LogP contribution in [0.3, 0.4) is 0 Å². The van der Waals surface area contributed by atoms with E-state index in [-0.39, 0.29) is 0 Å². The Labute approximate surface area is 133 Å². The number of rotatable bonds is 6. The van der Waals surface area contributed by atoms with Crippen molar-refractivity contribution in [3.05, 3.63) is 46.5 Å². The molecular formula is C15H15Cl2NO3. The number of carboxylic acid groups (broad SMARTS) is 1. The molecule has 0 saturated heterocycles. The lowest BCUT2D eigenvalue weighted by molar-refractivity contribution is -0.149. The van der Waals surface area contributed by atoms with Gasteiger partial charge in [-0.3, -0.25) is 4.79 Å². The number of hydrogen-bond donors (Lipinski definition) is 1. The zero-order valence-corrected chi connectivity index (χ0v) is 12.8. The Morgan fingerprint density at radius 3 is 2.33 bits per heavy atom. The van der Waals surface area contributed by atoms with Crippen LogP contribution in [0.5, 0.6) is 0 Å². The Morgan fingerprint density at radius 1 is 1.33 bits per heavy atom. The van der Waals surface area contributed by atoms with E-state index in [9.17, 15) is 14.7 Å². The summed E-state index contributed by atoms with van der Waals surface area (Å²) in [5.74, 6) is -1.18. The third-order valence-corrected chi connectivity index (χ3v) is 3.79. The van der Waals surface area contributed by atoms with E-state index in [2.05, 4.69) is 6.58 Å². The fraction of sp³-hybridized carbons (Fsp3) is 0.333. The van der Waals surface area contributed by atoms with Gasteiger partial charge in [-0.25, -0.2) is 4.79 Å². The van der Waals surface area contributed by atoms with Crippen molar-refractivity contribution in [1.82, 2.24) is 4.90 Å². The maximum absolute atomic E-state index is 12.0. The van der Waals surface area contributed by atoms with E-state index in [1.165, 1.54) is 23.1 Å². The number of halogens is 2. The average molecular weight is 328 g/mol. The molecule has 6 heteroatoms. The van der Waals surface area contributed by atoms with Crippen LogP contribution < -0.4 is 0 Å². The van der Waals surface area contributed by atoms with E-state index in [1.807, 2.05) is 0 Å². The summed E-state index contributed by atoms with van der Waals surface area (Å²) in [6.45, 7) is 3.84. The minimum Gasteiger partial charge on any atom is -0.479 e. The first kappa shape index (κ1) is 15.9. The van der Waals surface area contributed by atoms with Crippen molar-refractivity contribution in [2.75, 3.05) is 6.54 Å². The molecule has 0 heterocycles. The summed E-state index contributed by atoms with van der Waals surface area (Å²) in [7, 11) is 0. The fourth-order valence-corrected chi connectivity index (χ4v) is 2.75. The summed E-state index contributed by atoms with van der Waals surface area (Å²) < 4.78 is 0. The second-order valence-corrected chi connectivity index (χ2v) is 5.95. The molecule has 1 fully saturated rings. The molecule has 1 unspecified atom stereocenters. The maximum atomic E-state index is 12.0. The summed E-state index contributed by atoms with van der Waals surface area (Å²) in [6.07, 6.45) is 3.14. The van der Waals surface area contributed by atoms with Gasteiger partial charge in [0.2, 0.25) is 5.91 Å². The topological polar surface area (TPSA) is 57.6 Å². The maximum Gasteiger partial charge on any atom is 0.331 e. The molecule has 1 aliphatic carbocycles. The van der Waals surface area contributed by atoms with Gasteiger partial charge in [0.05, 0.1) is 0 Å². The second kappa shape index (κ2) is 6.50. The highest BCUT2D eigenvalue weighted by Crippen LogP contribution is 2.34. The molecule has 4 nitrogen and oxygen atoms in total.